The van der Waals surface area contributed by atoms with E-state index in [1.165, 1.54) is 12.8 Å². The Labute approximate surface area is 172 Å². The first-order valence-electron chi connectivity index (χ1n) is 10.2. The van der Waals surface area contributed by atoms with Crippen LogP contribution in [0.3, 0.4) is 0 Å². The first kappa shape index (κ1) is 20.7. The number of nitrogens with zero attached hydrogens (tertiary/aromatic N) is 1. The topological polar surface area (TPSA) is 41.6 Å². The number of benzene rings is 2. The number of ether oxygens (including phenoxy) is 1. The number of amides is 1. The van der Waals surface area contributed by atoms with E-state index in [0.717, 1.165) is 42.3 Å². The Hall–Kier alpha value is -2.04. The van der Waals surface area contributed by atoms with Gasteiger partial charge < -0.3 is 10.1 Å². The minimum absolute atomic E-state index is 0.0728. The van der Waals surface area contributed by atoms with Gasteiger partial charge in [0.1, 0.15) is 5.75 Å². The molecule has 1 fully saturated rings. The van der Waals surface area contributed by atoms with Crippen molar-refractivity contribution in [3.63, 3.8) is 0 Å². The number of nitrogens with one attached hydrogen (secondary N) is 1. The van der Waals surface area contributed by atoms with Crippen LogP contribution in [0.4, 0.5) is 0 Å². The Morgan fingerprint density at radius 1 is 1.14 bits per heavy atom. The van der Waals surface area contributed by atoms with E-state index in [-0.39, 0.29) is 11.9 Å². The lowest BCUT2D eigenvalue weighted by atomic mass is 10.0. The smallest absolute Gasteiger partial charge is 0.251 e. The molecule has 0 aliphatic carbocycles. The van der Waals surface area contributed by atoms with Gasteiger partial charge in [-0.25, -0.2) is 0 Å². The molecule has 150 valence electrons. The fraction of sp³-hybridized carbons (Fsp3) is 0.435. The van der Waals surface area contributed by atoms with Crippen LogP contribution in [0, 0.1) is 0 Å². The van der Waals surface area contributed by atoms with Gasteiger partial charge >= 0.3 is 0 Å². The fourth-order valence-electron chi connectivity index (χ4n) is 3.56. The molecule has 1 amide bonds. The van der Waals surface area contributed by atoms with E-state index in [1.54, 1.807) is 0 Å². The monoisotopic (exact) mass is 400 g/mol. The average molecular weight is 401 g/mol. The summed E-state index contributed by atoms with van der Waals surface area (Å²) in [5.41, 5.74) is 1.72. The number of halogens is 1. The largest absolute Gasteiger partial charge is 0.494 e. The summed E-state index contributed by atoms with van der Waals surface area (Å²) in [6.45, 7) is 5.45. The van der Waals surface area contributed by atoms with E-state index < -0.39 is 0 Å². The SMILES string of the molecule is CCCCOc1ccc(C(=O)NC[C@@H](c2ccccc2Cl)N2CCCC2)cc1. The molecule has 1 saturated heterocycles. The third-order valence-electron chi connectivity index (χ3n) is 5.18. The zero-order chi connectivity index (χ0) is 19.8. The standard InChI is InChI=1S/C23H29ClN2O2/c1-2-3-16-28-19-12-10-18(11-13-19)23(27)25-17-22(26-14-6-7-15-26)20-8-4-5-9-21(20)24/h4-5,8-13,22H,2-3,6-7,14-17H2,1H3,(H,25,27)/t22-/m0/s1. The third kappa shape index (κ3) is 5.49. The summed E-state index contributed by atoms with van der Waals surface area (Å²) in [5.74, 6) is 0.729. The van der Waals surface area contributed by atoms with Crippen LogP contribution in [-0.4, -0.2) is 37.0 Å². The normalized spacial score (nSPS) is 15.4. The molecule has 0 bridgehead atoms. The molecule has 1 heterocycles. The minimum Gasteiger partial charge on any atom is -0.494 e. The van der Waals surface area contributed by atoms with Crippen molar-refractivity contribution >= 4 is 17.5 Å². The van der Waals surface area contributed by atoms with E-state index in [9.17, 15) is 4.79 Å². The molecule has 0 saturated carbocycles. The zero-order valence-electron chi connectivity index (χ0n) is 16.5. The van der Waals surface area contributed by atoms with Gasteiger partial charge in [-0.1, -0.05) is 43.1 Å². The number of unbranched alkanes of at least 4 members (excludes halogenated alkanes) is 1. The average Bonchev–Trinajstić information content (AvgIpc) is 3.24. The Bertz CT molecular complexity index is 757. The molecule has 0 radical (unpaired) electrons. The van der Waals surface area contributed by atoms with Gasteiger partial charge in [0, 0.05) is 17.1 Å². The highest BCUT2D eigenvalue weighted by atomic mass is 35.5. The van der Waals surface area contributed by atoms with Gasteiger partial charge in [-0.15, -0.1) is 0 Å². The maximum Gasteiger partial charge on any atom is 0.251 e. The predicted molar refractivity (Wildman–Crippen MR) is 114 cm³/mol. The molecular formula is C23H29ClN2O2. The molecule has 4 nitrogen and oxygen atoms in total. The first-order chi connectivity index (χ1) is 13.7. The molecule has 3 rings (SSSR count). The second-order valence-corrected chi connectivity index (χ2v) is 7.62. The molecule has 28 heavy (non-hydrogen) atoms. The lowest BCUT2D eigenvalue weighted by Gasteiger charge is -2.29. The van der Waals surface area contributed by atoms with Crippen molar-refractivity contribution in [3.05, 3.63) is 64.7 Å². The minimum atomic E-state index is -0.0728. The molecule has 1 N–H and O–H groups in total. The van der Waals surface area contributed by atoms with Crippen molar-refractivity contribution in [1.82, 2.24) is 10.2 Å². The molecule has 1 atom stereocenters. The second-order valence-electron chi connectivity index (χ2n) is 7.22. The van der Waals surface area contributed by atoms with Crippen LogP contribution in [0.15, 0.2) is 48.5 Å². The molecule has 1 aliphatic heterocycles. The van der Waals surface area contributed by atoms with Gasteiger partial charge in [0.25, 0.3) is 5.91 Å². The Kier molecular flexibility index (Phi) is 7.75. The van der Waals surface area contributed by atoms with Crippen molar-refractivity contribution in [1.29, 1.82) is 0 Å². The summed E-state index contributed by atoms with van der Waals surface area (Å²) in [6.07, 6.45) is 4.51. The number of rotatable bonds is 9. The van der Waals surface area contributed by atoms with Gasteiger partial charge in [0.15, 0.2) is 0 Å². The molecule has 0 spiro atoms. The maximum atomic E-state index is 12.6. The van der Waals surface area contributed by atoms with Crippen molar-refractivity contribution < 1.29 is 9.53 Å². The first-order valence-corrected chi connectivity index (χ1v) is 10.6. The van der Waals surface area contributed by atoms with E-state index >= 15 is 0 Å². The van der Waals surface area contributed by atoms with Crippen LogP contribution in [0.5, 0.6) is 5.75 Å². The van der Waals surface area contributed by atoms with Crippen LogP contribution in [0.2, 0.25) is 5.02 Å². The highest BCUT2D eigenvalue weighted by Gasteiger charge is 2.25. The van der Waals surface area contributed by atoms with Crippen molar-refractivity contribution in [2.75, 3.05) is 26.2 Å². The number of hydrogen-bond donors (Lipinski definition) is 1. The Morgan fingerprint density at radius 2 is 1.86 bits per heavy atom. The summed E-state index contributed by atoms with van der Waals surface area (Å²) in [6, 6.07) is 15.4. The summed E-state index contributed by atoms with van der Waals surface area (Å²) < 4.78 is 5.66. The van der Waals surface area contributed by atoms with Gasteiger partial charge in [0.2, 0.25) is 0 Å². The lowest BCUT2D eigenvalue weighted by Crippen LogP contribution is -2.37. The molecule has 0 aromatic heterocycles. The number of hydrogen-bond acceptors (Lipinski definition) is 3. The van der Waals surface area contributed by atoms with E-state index in [0.29, 0.717) is 18.7 Å². The van der Waals surface area contributed by atoms with Crippen LogP contribution < -0.4 is 10.1 Å². The Morgan fingerprint density at radius 3 is 2.54 bits per heavy atom. The van der Waals surface area contributed by atoms with Gasteiger partial charge in [0.05, 0.1) is 12.6 Å². The van der Waals surface area contributed by atoms with Crippen molar-refractivity contribution in [2.24, 2.45) is 0 Å². The van der Waals surface area contributed by atoms with E-state index in [1.807, 2.05) is 42.5 Å². The number of likely N-dealkylation sites (tertiary alicyclic amines) is 1. The van der Waals surface area contributed by atoms with Crippen LogP contribution >= 0.6 is 11.6 Å². The molecule has 5 heteroatoms. The maximum absolute atomic E-state index is 12.6. The van der Waals surface area contributed by atoms with Gasteiger partial charge in [-0.2, -0.15) is 0 Å². The second kappa shape index (κ2) is 10.5. The third-order valence-corrected chi connectivity index (χ3v) is 5.53. The lowest BCUT2D eigenvalue weighted by molar-refractivity contribution is 0.0938. The highest BCUT2D eigenvalue weighted by Crippen LogP contribution is 2.29. The van der Waals surface area contributed by atoms with Gasteiger partial charge in [-0.05, 0) is 68.2 Å². The summed E-state index contributed by atoms with van der Waals surface area (Å²) in [5, 5.41) is 3.85. The summed E-state index contributed by atoms with van der Waals surface area (Å²) in [7, 11) is 0. The molecule has 2 aromatic carbocycles. The number of carbonyl (C=O) groups is 1. The van der Waals surface area contributed by atoms with Crippen LogP contribution in [-0.2, 0) is 0 Å². The summed E-state index contributed by atoms with van der Waals surface area (Å²) in [4.78, 5) is 15.1. The zero-order valence-corrected chi connectivity index (χ0v) is 17.3. The number of carbonyl (C=O) groups excluding carboxylic acids is 1. The van der Waals surface area contributed by atoms with Crippen molar-refractivity contribution in [2.45, 2.75) is 38.6 Å². The predicted octanol–water partition coefficient (Wildman–Crippen LogP) is 5.09. The van der Waals surface area contributed by atoms with Gasteiger partial charge in [-0.3, -0.25) is 9.69 Å². The Balaban J connectivity index is 1.62. The van der Waals surface area contributed by atoms with E-state index in [2.05, 4.69) is 23.2 Å². The molecule has 1 aliphatic rings. The van der Waals surface area contributed by atoms with Crippen LogP contribution in [0.1, 0.15) is 54.6 Å². The molecule has 2 aromatic rings. The van der Waals surface area contributed by atoms with Crippen molar-refractivity contribution in [3.8, 4) is 5.75 Å². The quantitative estimate of drug-likeness (QED) is 0.596. The highest BCUT2D eigenvalue weighted by molar-refractivity contribution is 6.31. The van der Waals surface area contributed by atoms with Crippen LogP contribution in [0.25, 0.3) is 0 Å². The fourth-order valence-corrected chi connectivity index (χ4v) is 3.82. The molecule has 0 unspecified atom stereocenters. The molecular weight excluding hydrogens is 372 g/mol. The summed E-state index contributed by atoms with van der Waals surface area (Å²) >= 11 is 6.45. The van der Waals surface area contributed by atoms with E-state index in [4.69, 9.17) is 16.3 Å².